The molecule has 0 aliphatic heterocycles. The van der Waals surface area contributed by atoms with Crippen molar-refractivity contribution in [3.63, 3.8) is 0 Å². The summed E-state index contributed by atoms with van der Waals surface area (Å²) < 4.78 is 1.20. The molecule has 2 aromatic carbocycles. The Labute approximate surface area is 182 Å². The number of nitrogens with one attached hydrogen (secondary N) is 2. The number of hydrogen-bond donors (Lipinski definition) is 2. The first-order chi connectivity index (χ1) is 14.7. The van der Waals surface area contributed by atoms with Gasteiger partial charge in [-0.05, 0) is 55.7 Å². The molecule has 0 fully saturated rings. The SMILES string of the molecule is O=C(CCCCc1nc2ccccc2s1)Nc1ccc(C(=O)Nc2nccs2)cc1. The third kappa shape index (κ3) is 5.28. The maximum atomic E-state index is 12.2. The quantitative estimate of drug-likeness (QED) is 0.364. The standard InChI is InChI=1S/C22H20N4O2S2/c27-19(7-3-4-8-20-25-17-5-1-2-6-18(17)30-20)24-16-11-9-15(10-12-16)21(28)26-22-23-13-14-29-22/h1-2,5-6,9-14H,3-4,7-8H2,(H,24,27)(H,23,26,28). The van der Waals surface area contributed by atoms with Crippen LogP contribution in [-0.2, 0) is 11.2 Å². The second-order valence-corrected chi connectivity index (χ2v) is 8.71. The minimum atomic E-state index is -0.224. The van der Waals surface area contributed by atoms with E-state index >= 15 is 0 Å². The second kappa shape index (κ2) is 9.60. The molecule has 8 heteroatoms. The predicted molar refractivity (Wildman–Crippen MR) is 122 cm³/mol. The number of carbonyl (C=O) groups is 2. The highest BCUT2D eigenvalue weighted by atomic mass is 32.1. The summed E-state index contributed by atoms with van der Waals surface area (Å²) in [5.41, 5.74) is 2.23. The first-order valence-corrected chi connectivity index (χ1v) is 11.3. The first-order valence-electron chi connectivity index (χ1n) is 9.62. The Balaban J connectivity index is 1.20. The number of hydrogen-bond acceptors (Lipinski definition) is 6. The van der Waals surface area contributed by atoms with E-state index in [9.17, 15) is 9.59 Å². The molecule has 6 nitrogen and oxygen atoms in total. The zero-order valence-electron chi connectivity index (χ0n) is 16.1. The Bertz CT molecular complexity index is 1100. The van der Waals surface area contributed by atoms with Crippen LogP contribution in [0, 0.1) is 0 Å². The number of rotatable bonds is 8. The van der Waals surface area contributed by atoms with E-state index in [1.165, 1.54) is 16.0 Å². The van der Waals surface area contributed by atoms with Crippen molar-refractivity contribution in [1.29, 1.82) is 0 Å². The number of thiazole rings is 2. The van der Waals surface area contributed by atoms with E-state index in [-0.39, 0.29) is 11.8 Å². The molecule has 2 aromatic heterocycles. The fraction of sp³-hybridized carbons (Fsp3) is 0.182. The summed E-state index contributed by atoms with van der Waals surface area (Å²) >= 11 is 3.08. The van der Waals surface area contributed by atoms with Crippen molar-refractivity contribution in [2.45, 2.75) is 25.7 Å². The molecule has 2 N–H and O–H groups in total. The fourth-order valence-electron chi connectivity index (χ4n) is 2.97. The molecule has 0 radical (unpaired) electrons. The average molecular weight is 437 g/mol. The summed E-state index contributed by atoms with van der Waals surface area (Å²) in [6, 6.07) is 15.0. The van der Waals surface area contributed by atoms with Gasteiger partial charge in [-0.25, -0.2) is 9.97 Å². The number of carbonyl (C=O) groups excluding carboxylic acids is 2. The number of fused-ring (bicyclic) bond motifs is 1. The van der Waals surface area contributed by atoms with E-state index in [2.05, 4.69) is 26.7 Å². The van der Waals surface area contributed by atoms with Crippen molar-refractivity contribution in [2.75, 3.05) is 10.6 Å². The van der Waals surface area contributed by atoms with Crippen molar-refractivity contribution in [3.8, 4) is 0 Å². The van der Waals surface area contributed by atoms with Gasteiger partial charge in [0.2, 0.25) is 5.91 Å². The van der Waals surface area contributed by atoms with Gasteiger partial charge in [-0.1, -0.05) is 12.1 Å². The smallest absolute Gasteiger partial charge is 0.257 e. The number of nitrogens with zero attached hydrogens (tertiary/aromatic N) is 2. The zero-order chi connectivity index (χ0) is 20.8. The second-order valence-electron chi connectivity index (χ2n) is 6.70. The number of aryl methyl sites for hydroxylation is 1. The molecular weight excluding hydrogens is 416 g/mol. The normalized spacial score (nSPS) is 10.8. The lowest BCUT2D eigenvalue weighted by Crippen LogP contribution is -2.13. The monoisotopic (exact) mass is 436 g/mol. The Morgan fingerprint density at radius 3 is 2.57 bits per heavy atom. The minimum Gasteiger partial charge on any atom is -0.326 e. The van der Waals surface area contributed by atoms with Crippen molar-refractivity contribution < 1.29 is 9.59 Å². The van der Waals surface area contributed by atoms with Crippen molar-refractivity contribution in [1.82, 2.24) is 9.97 Å². The molecule has 152 valence electrons. The molecule has 4 aromatic rings. The summed E-state index contributed by atoms with van der Waals surface area (Å²) in [4.78, 5) is 33.0. The van der Waals surface area contributed by atoms with Crippen molar-refractivity contribution in [2.24, 2.45) is 0 Å². The van der Waals surface area contributed by atoms with Crippen LogP contribution in [0.2, 0.25) is 0 Å². The third-order valence-electron chi connectivity index (χ3n) is 4.47. The van der Waals surface area contributed by atoms with Gasteiger partial charge in [0, 0.05) is 29.2 Å². The van der Waals surface area contributed by atoms with E-state index in [0.29, 0.717) is 22.8 Å². The minimum absolute atomic E-state index is 0.0284. The van der Waals surface area contributed by atoms with Crippen LogP contribution in [0.15, 0.2) is 60.1 Å². The van der Waals surface area contributed by atoms with Gasteiger partial charge in [-0.3, -0.25) is 14.9 Å². The lowest BCUT2D eigenvalue weighted by Gasteiger charge is -2.06. The first kappa shape index (κ1) is 20.2. The van der Waals surface area contributed by atoms with Gasteiger partial charge in [0.1, 0.15) is 0 Å². The molecule has 0 saturated heterocycles. The van der Waals surface area contributed by atoms with E-state index in [4.69, 9.17) is 0 Å². The lowest BCUT2D eigenvalue weighted by molar-refractivity contribution is -0.116. The maximum absolute atomic E-state index is 12.2. The Morgan fingerprint density at radius 1 is 0.967 bits per heavy atom. The molecule has 4 rings (SSSR count). The van der Waals surface area contributed by atoms with Crippen LogP contribution < -0.4 is 10.6 Å². The highest BCUT2D eigenvalue weighted by molar-refractivity contribution is 7.18. The fourth-order valence-corrected chi connectivity index (χ4v) is 4.50. The van der Waals surface area contributed by atoms with Gasteiger partial charge in [0.15, 0.2) is 5.13 Å². The van der Waals surface area contributed by atoms with Gasteiger partial charge in [0.05, 0.1) is 15.2 Å². The molecule has 0 aliphatic carbocycles. The van der Waals surface area contributed by atoms with E-state index < -0.39 is 0 Å². The molecule has 0 bridgehead atoms. The molecule has 0 atom stereocenters. The third-order valence-corrected chi connectivity index (χ3v) is 6.25. The van der Waals surface area contributed by atoms with Gasteiger partial charge < -0.3 is 5.32 Å². The highest BCUT2D eigenvalue weighted by Gasteiger charge is 2.09. The highest BCUT2D eigenvalue weighted by Crippen LogP contribution is 2.23. The van der Waals surface area contributed by atoms with Crippen molar-refractivity contribution >= 4 is 55.5 Å². The summed E-state index contributed by atoms with van der Waals surface area (Å²) in [5, 5.41) is 9.08. The lowest BCUT2D eigenvalue weighted by atomic mass is 10.1. The Morgan fingerprint density at radius 2 is 1.80 bits per heavy atom. The topological polar surface area (TPSA) is 84.0 Å². The van der Waals surface area contributed by atoms with Gasteiger partial charge in [-0.2, -0.15) is 0 Å². The molecule has 0 saturated carbocycles. The molecular formula is C22H20N4O2S2. The van der Waals surface area contributed by atoms with Gasteiger partial charge >= 0.3 is 0 Å². The van der Waals surface area contributed by atoms with Crippen LogP contribution in [0.4, 0.5) is 10.8 Å². The number of unbranched alkanes of at least 4 members (excludes halogenated alkanes) is 1. The van der Waals surface area contributed by atoms with Gasteiger partial charge in [0.25, 0.3) is 5.91 Å². The number of para-hydroxylation sites is 1. The number of aromatic nitrogens is 2. The molecule has 0 aliphatic rings. The van der Waals surface area contributed by atoms with Crippen LogP contribution in [0.3, 0.4) is 0 Å². The maximum Gasteiger partial charge on any atom is 0.257 e. The molecule has 2 heterocycles. The van der Waals surface area contributed by atoms with E-state index in [1.807, 2.05) is 18.2 Å². The molecule has 0 unspecified atom stereocenters. The van der Waals surface area contributed by atoms with Crippen LogP contribution in [0.5, 0.6) is 0 Å². The summed E-state index contributed by atoms with van der Waals surface area (Å²) in [5.74, 6) is -0.253. The summed E-state index contributed by atoms with van der Waals surface area (Å²) in [7, 11) is 0. The van der Waals surface area contributed by atoms with Gasteiger partial charge in [-0.15, -0.1) is 22.7 Å². The number of benzene rings is 2. The van der Waals surface area contributed by atoms with Crippen molar-refractivity contribution in [3.05, 3.63) is 70.7 Å². The van der Waals surface area contributed by atoms with E-state index in [1.54, 1.807) is 47.2 Å². The molecule has 2 amide bonds. The van der Waals surface area contributed by atoms with Crippen LogP contribution in [0.25, 0.3) is 10.2 Å². The van der Waals surface area contributed by atoms with E-state index in [0.717, 1.165) is 29.8 Å². The van der Waals surface area contributed by atoms with Crippen LogP contribution in [0.1, 0.15) is 34.6 Å². The molecule has 0 spiro atoms. The average Bonchev–Trinajstić information content (AvgIpc) is 3.41. The number of anilines is 2. The van der Waals surface area contributed by atoms with Crippen LogP contribution >= 0.6 is 22.7 Å². The predicted octanol–water partition coefficient (Wildman–Crippen LogP) is 5.36. The largest absolute Gasteiger partial charge is 0.326 e. The Hall–Kier alpha value is -3.10. The Kier molecular flexibility index (Phi) is 6.46. The van der Waals surface area contributed by atoms with Crippen LogP contribution in [-0.4, -0.2) is 21.8 Å². The summed E-state index contributed by atoms with van der Waals surface area (Å²) in [6.07, 6.45) is 4.70. The number of amides is 2. The molecule has 30 heavy (non-hydrogen) atoms. The zero-order valence-corrected chi connectivity index (χ0v) is 17.8. The summed E-state index contributed by atoms with van der Waals surface area (Å²) in [6.45, 7) is 0.